The highest BCUT2D eigenvalue weighted by Gasteiger charge is 2.51. The van der Waals surface area contributed by atoms with E-state index < -0.39 is 27.6 Å². The van der Waals surface area contributed by atoms with Crippen LogP contribution in [0.3, 0.4) is 0 Å². The van der Waals surface area contributed by atoms with Gasteiger partial charge in [0.05, 0.1) is 16.9 Å². The highest BCUT2D eigenvalue weighted by molar-refractivity contribution is 7.92. The van der Waals surface area contributed by atoms with Gasteiger partial charge in [-0.25, -0.2) is 13.2 Å². The van der Waals surface area contributed by atoms with E-state index in [9.17, 15) is 26.4 Å². The number of ether oxygens (including phenoxy) is 1. The number of amides is 1. The van der Waals surface area contributed by atoms with Crippen molar-refractivity contribution in [3.05, 3.63) is 54.1 Å². The van der Waals surface area contributed by atoms with Crippen molar-refractivity contribution in [2.45, 2.75) is 56.1 Å². The van der Waals surface area contributed by atoms with Crippen LogP contribution in [-0.4, -0.2) is 44.2 Å². The molecule has 2 aromatic carbocycles. The SMILES string of the molecule is CCOc1ccc(S(=O)(=O)Nc2ccc(C3(C(=O)NC(C)C)CC3)cc2)cc1.O=C(O)C(F)(F)F. The first kappa shape index (κ1) is 28.0. The Bertz CT molecular complexity index is 1130. The second-order valence-corrected chi connectivity index (χ2v) is 9.78. The van der Waals surface area contributed by atoms with Crippen molar-refractivity contribution in [2.75, 3.05) is 11.3 Å². The lowest BCUT2D eigenvalue weighted by Gasteiger charge is -2.18. The maximum absolute atomic E-state index is 12.6. The molecule has 0 heterocycles. The molecule has 1 aliphatic rings. The number of sulfonamides is 1. The number of aliphatic carboxylic acids is 1. The number of hydrogen-bond donors (Lipinski definition) is 3. The molecule has 35 heavy (non-hydrogen) atoms. The number of carboxylic acids is 1. The highest BCUT2D eigenvalue weighted by Crippen LogP contribution is 2.48. The van der Waals surface area contributed by atoms with Crippen molar-refractivity contribution in [3.63, 3.8) is 0 Å². The molecule has 2 aromatic rings. The number of rotatable bonds is 8. The monoisotopic (exact) mass is 516 g/mol. The van der Waals surface area contributed by atoms with Gasteiger partial charge in [0.15, 0.2) is 0 Å². The predicted octanol–water partition coefficient (Wildman–Crippen LogP) is 4.08. The fraction of sp³-hybridized carbons (Fsp3) is 0.391. The summed E-state index contributed by atoms with van der Waals surface area (Å²) in [6.45, 7) is 6.26. The molecule has 1 amide bonds. The van der Waals surface area contributed by atoms with E-state index in [1.165, 1.54) is 12.1 Å². The van der Waals surface area contributed by atoms with Gasteiger partial charge in [-0.2, -0.15) is 13.2 Å². The standard InChI is InChI=1S/C21H26N2O4S.C2HF3O2/c1-4-27-18-9-11-19(12-10-18)28(25,26)23-17-7-5-16(6-8-17)21(13-14-21)20(24)22-15(2)3;3-2(4,5)1(6)7/h5-12,15,23H,4,13-14H2,1-3H3,(H,22,24);(H,6,7). The van der Waals surface area contributed by atoms with Crippen molar-refractivity contribution >= 4 is 27.6 Å². The van der Waals surface area contributed by atoms with Crippen molar-refractivity contribution in [1.29, 1.82) is 0 Å². The first-order valence-corrected chi connectivity index (χ1v) is 12.2. The molecule has 0 radical (unpaired) electrons. The van der Waals surface area contributed by atoms with Gasteiger partial charge in [-0.3, -0.25) is 9.52 Å². The molecule has 12 heteroatoms. The van der Waals surface area contributed by atoms with E-state index in [-0.39, 0.29) is 16.8 Å². The topological polar surface area (TPSA) is 122 Å². The molecule has 0 aliphatic heterocycles. The number of alkyl halides is 3. The lowest BCUT2D eigenvalue weighted by Crippen LogP contribution is -2.38. The van der Waals surface area contributed by atoms with Crippen LogP contribution in [0.5, 0.6) is 5.75 Å². The Morgan fingerprint density at radius 3 is 1.97 bits per heavy atom. The van der Waals surface area contributed by atoms with Gasteiger partial charge in [-0.05, 0) is 75.6 Å². The number of anilines is 1. The summed E-state index contributed by atoms with van der Waals surface area (Å²) < 4.78 is 64.8. The normalized spacial score (nSPS) is 14.4. The minimum Gasteiger partial charge on any atom is -0.494 e. The van der Waals surface area contributed by atoms with Gasteiger partial charge in [0, 0.05) is 11.7 Å². The predicted molar refractivity (Wildman–Crippen MR) is 123 cm³/mol. The van der Waals surface area contributed by atoms with Gasteiger partial charge < -0.3 is 15.2 Å². The zero-order valence-corrected chi connectivity index (χ0v) is 20.2. The number of carboxylic acid groups (broad SMARTS) is 1. The first-order chi connectivity index (χ1) is 16.2. The quantitative estimate of drug-likeness (QED) is 0.486. The summed E-state index contributed by atoms with van der Waals surface area (Å²) >= 11 is 0. The summed E-state index contributed by atoms with van der Waals surface area (Å²) in [5.74, 6) is -2.10. The Hall–Kier alpha value is -3.28. The molecule has 8 nitrogen and oxygen atoms in total. The zero-order valence-electron chi connectivity index (χ0n) is 19.3. The van der Waals surface area contributed by atoms with Crippen LogP contribution < -0.4 is 14.8 Å². The molecular weight excluding hydrogens is 489 g/mol. The second kappa shape index (κ2) is 11.0. The van der Waals surface area contributed by atoms with Gasteiger partial charge in [-0.1, -0.05) is 12.1 Å². The van der Waals surface area contributed by atoms with Crippen molar-refractivity contribution in [3.8, 4) is 5.75 Å². The molecule has 0 spiro atoms. The van der Waals surface area contributed by atoms with Crippen LogP contribution in [0, 0.1) is 0 Å². The average Bonchev–Trinajstić information content (AvgIpc) is 3.56. The van der Waals surface area contributed by atoms with Crippen LogP contribution in [0.4, 0.5) is 18.9 Å². The van der Waals surface area contributed by atoms with Gasteiger partial charge in [0.2, 0.25) is 5.91 Å². The molecule has 1 aliphatic carbocycles. The third-order valence-corrected chi connectivity index (χ3v) is 6.38. The molecule has 0 atom stereocenters. The number of carbonyl (C=O) groups excluding carboxylic acids is 1. The van der Waals surface area contributed by atoms with Crippen molar-refractivity contribution < 1.29 is 41.0 Å². The Labute approximate surface area is 201 Å². The molecular formula is C23H27F3N2O6S. The van der Waals surface area contributed by atoms with E-state index in [4.69, 9.17) is 14.6 Å². The van der Waals surface area contributed by atoms with Gasteiger partial charge in [0.25, 0.3) is 10.0 Å². The zero-order chi connectivity index (χ0) is 26.4. The first-order valence-electron chi connectivity index (χ1n) is 10.7. The molecule has 0 unspecified atom stereocenters. The summed E-state index contributed by atoms with van der Waals surface area (Å²) in [5.41, 5.74) is 0.893. The maximum atomic E-state index is 12.6. The van der Waals surface area contributed by atoms with E-state index in [1.807, 2.05) is 32.9 Å². The van der Waals surface area contributed by atoms with E-state index in [2.05, 4.69) is 10.0 Å². The molecule has 0 saturated heterocycles. The third kappa shape index (κ3) is 7.61. The fourth-order valence-corrected chi connectivity index (χ4v) is 4.18. The van der Waals surface area contributed by atoms with Crippen LogP contribution in [0.25, 0.3) is 0 Å². The van der Waals surface area contributed by atoms with E-state index in [0.717, 1.165) is 18.4 Å². The Kier molecular flexibility index (Phi) is 8.77. The largest absolute Gasteiger partial charge is 0.494 e. The summed E-state index contributed by atoms with van der Waals surface area (Å²) in [6, 6.07) is 13.4. The number of benzene rings is 2. The summed E-state index contributed by atoms with van der Waals surface area (Å²) in [7, 11) is -3.69. The van der Waals surface area contributed by atoms with E-state index >= 15 is 0 Å². The molecule has 1 saturated carbocycles. The molecule has 0 aromatic heterocycles. The van der Waals surface area contributed by atoms with Crippen LogP contribution in [0.2, 0.25) is 0 Å². The molecule has 3 rings (SSSR count). The van der Waals surface area contributed by atoms with Crippen LogP contribution in [0.1, 0.15) is 39.2 Å². The minimum atomic E-state index is -5.08. The van der Waals surface area contributed by atoms with Gasteiger partial charge in [0.1, 0.15) is 5.75 Å². The summed E-state index contributed by atoms with van der Waals surface area (Å²) in [6.07, 6.45) is -3.47. The lowest BCUT2D eigenvalue weighted by atomic mass is 9.94. The smallest absolute Gasteiger partial charge is 0.490 e. The molecule has 192 valence electrons. The molecule has 0 bridgehead atoms. The van der Waals surface area contributed by atoms with Gasteiger partial charge in [-0.15, -0.1) is 0 Å². The van der Waals surface area contributed by atoms with E-state index in [1.54, 1.807) is 24.3 Å². The number of halogens is 3. The Morgan fingerprint density at radius 2 is 1.57 bits per heavy atom. The van der Waals surface area contributed by atoms with E-state index in [0.29, 0.717) is 18.0 Å². The van der Waals surface area contributed by atoms with Crippen LogP contribution >= 0.6 is 0 Å². The second-order valence-electron chi connectivity index (χ2n) is 8.10. The number of hydrogen-bond acceptors (Lipinski definition) is 5. The Morgan fingerprint density at radius 1 is 1.06 bits per heavy atom. The minimum absolute atomic E-state index is 0.0326. The number of nitrogens with one attached hydrogen (secondary N) is 2. The fourth-order valence-electron chi connectivity index (χ4n) is 3.13. The van der Waals surface area contributed by atoms with Crippen molar-refractivity contribution in [1.82, 2.24) is 5.32 Å². The van der Waals surface area contributed by atoms with Gasteiger partial charge >= 0.3 is 12.1 Å². The lowest BCUT2D eigenvalue weighted by molar-refractivity contribution is -0.192. The number of carbonyl (C=O) groups is 2. The summed E-state index contributed by atoms with van der Waals surface area (Å²) in [4.78, 5) is 21.5. The highest BCUT2D eigenvalue weighted by atomic mass is 32.2. The third-order valence-electron chi connectivity index (χ3n) is 4.98. The van der Waals surface area contributed by atoms with Crippen LogP contribution in [0.15, 0.2) is 53.4 Å². The molecule has 1 fully saturated rings. The van der Waals surface area contributed by atoms with Crippen LogP contribution in [-0.2, 0) is 25.0 Å². The average molecular weight is 517 g/mol. The summed E-state index contributed by atoms with van der Waals surface area (Å²) in [5, 5.41) is 10.1. The molecule has 3 N–H and O–H groups in total. The Balaban J connectivity index is 0.000000540. The maximum Gasteiger partial charge on any atom is 0.490 e. The van der Waals surface area contributed by atoms with Crippen molar-refractivity contribution in [2.24, 2.45) is 0 Å².